The molecule has 2 atom stereocenters. The van der Waals surface area contributed by atoms with E-state index in [9.17, 15) is 18.0 Å². The number of hydrogen-bond donors (Lipinski definition) is 1. The molecule has 0 aromatic carbocycles. The van der Waals surface area contributed by atoms with Crippen LogP contribution in [0.1, 0.15) is 12.8 Å². The largest absolute Gasteiger partial charge is 0.393 e. The van der Waals surface area contributed by atoms with Crippen LogP contribution in [0.25, 0.3) is 0 Å². The molecule has 0 radical (unpaired) electrons. The molecule has 16 heavy (non-hydrogen) atoms. The van der Waals surface area contributed by atoms with Crippen LogP contribution in [-0.2, 0) is 4.79 Å². The van der Waals surface area contributed by atoms with E-state index in [1.165, 1.54) is 4.90 Å². The molecule has 0 bridgehead atoms. The predicted molar refractivity (Wildman–Crippen MR) is 51.7 cm³/mol. The van der Waals surface area contributed by atoms with Crippen molar-refractivity contribution in [3.8, 4) is 0 Å². The summed E-state index contributed by atoms with van der Waals surface area (Å²) < 4.78 is 37.3. The second-order valence-corrected chi connectivity index (χ2v) is 4.50. The zero-order chi connectivity index (χ0) is 11.8. The average Bonchev–Trinajstić information content (AvgIpc) is 2.87. The van der Waals surface area contributed by atoms with Gasteiger partial charge in [-0.2, -0.15) is 13.2 Å². The fourth-order valence-electron chi connectivity index (χ4n) is 2.35. The maximum Gasteiger partial charge on any atom is 0.393 e. The molecule has 92 valence electrons. The van der Waals surface area contributed by atoms with Crippen LogP contribution in [-0.4, -0.2) is 43.2 Å². The lowest BCUT2D eigenvalue weighted by Gasteiger charge is -2.20. The van der Waals surface area contributed by atoms with Gasteiger partial charge in [-0.3, -0.25) is 4.79 Å². The third-order valence-electron chi connectivity index (χ3n) is 3.37. The number of carbonyl (C=O) groups excluding carboxylic acids is 1. The second-order valence-electron chi connectivity index (χ2n) is 4.50. The van der Waals surface area contributed by atoms with Gasteiger partial charge < -0.3 is 10.2 Å². The number of alkyl halides is 3. The van der Waals surface area contributed by atoms with Crippen molar-refractivity contribution in [1.29, 1.82) is 0 Å². The van der Waals surface area contributed by atoms with Crippen LogP contribution in [0.4, 0.5) is 13.2 Å². The van der Waals surface area contributed by atoms with Crippen molar-refractivity contribution in [2.24, 2.45) is 11.8 Å². The lowest BCUT2D eigenvalue weighted by atomic mass is 10.1. The topological polar surface area (TPSA) is 32.3 Å². The van der Waals surface area contributed by atoms with Gasteiger partial charge in [-0.1, -0.05) is 0 Å². The number of halogens is 3. The highest BCUT2D eigenvalue weighted by molar-refractivity contribution is 5.79. The highest BCUT2D eigenvalue weighted by Crippen LogP contribution is 2.34. The normalized spacial score (nSPS) is 31.1. The molecule has 0 aliphatic carbocycles. The van der Waals surface area contributed by atoms with Crippen molar-refractivity contribution in [3.05, 3.63) is 0 Å². The van der Waals surface area contributed by atoms with Crippen LogP contribution in [0.3, 0.4) is 0 Å². The van der Waals surface area contributed by atoms with Crippen molar-refractivity contribution in [3.63, 3.8) is 0 Å². The molecular weight excluding hydrogens is 221 g/mol. The molecule has 0 aromatic rings. The molecule has 0 spiro atoms. The van der Waals surface area contributed by atoms with E-state index in [2.05, 4.69) is 5.32 Å². The minimum atomic E-state index is -4.16. The maximum absolute atomic E-state index is 12.4. The van der Waals surface area contributed by atoms with Crippen molar-refractivity contribution in [2.45, 2.75) is 19.0 Å². The summed E-state index contributed by atoms with van der Waals surface area (Å²) in [6.07, 6.45) is -3.37. The number of nitrogens with zero attached hydrogens (tertiary/aromatic N) is 1. The van der Waals surface area contributed by atoms with E-state index in [1.807, 2.05) is 0 Å². The van der Waals surface area contributed by atoms with Crippen molar-refractivity contribution >= 4 is 5.91 Å². The standard InChI is InChI=1S/C10H15F3N2O/c11-10(12,13)8-2-4-15(6-8)9(16)7-1-3-14-5-7/h7-8,14H,1-6H2/t7-,8-/m1/s1. The van der Waals surface area contributed by atoms with Crippen molar-refractivity contribution in [2.75, 3.05) is 26.2 Å². The summed E-state index contributed by atoms with van der Waals surface area (Å²) >= 11 is 0. The molecule has 3 nitrogen and oxygen atoms in total. The van der Waals surface area contributed by atoms with Gasteiger partial charge >= 0.3 is 6.18 Å². The molecule has 2 rings (SSSR count). The highest BCUT2D eigenvalue weighted by Gasteiger charge is 2.45. The van der Waals surface area contributed by atoms with Gasteiger partial charge in [0.15, 0.2) is 0 Å². The van der Waals surface area contributed by atoms with Gasteiger partial charge in [-0.05, 0) is 19.4 Å². The summed E-state index contributed by atoms with van der Waals surface area (Å²) in [5, 5.41) is 3.05. The van der Waals surface area contributed by atoms with Gasteiger partial charge in [0.25, 0.3) is 0 Å². The highest BCUT2D eigenvalue weighted by atomic mass is 19.4. The van der Waals surface area contributed by atoms with E-state index in [0.717, 1.165) is 13.0 Å². The number of likely N-dealkylation sites (tertiary alicyclic amines) is 1. The summed E-state index contributed by atoms with van der Waals surface area (Å²) in [4.78, 5) is 13.2. The smallest absolute Gasteiger partial charge is 0.342 e. The van der Waals surface area contributed by atoms with Gasteiger partial charge in [0.2, 0.25) is 5.91 Å². The van der Waals surface area contributed by atoms with E-state index in [0.29, 0.717) is 6.54 Å². The summed E-state index contributed by atoms with van der Waals surface area (Å²) in [5.74, 6) is -1.56. The number of amides is 1. The number of carbonyl (C=O) groups is 1. The first-order chi connectivity index (χ1) is 7.48. The van der Waals surface area contributed by atoms with Gasteiger partial charge in [-0.25, -0.2) is 0 Å². The van der Waals surface area contributed by atoms with Gasteiger partial charge in [0.1, 0.15) is 0 Å². The lowest BCUT2D eigenvalue weighted by molar-refractivity contribution is -0.171. The Kier molecular flexibility index (Phi) is 3.10. The first-order valence-corrected chi connectivity index (χ1v) is 5.54. The quantitative estimate of drug-likeness (QED) is 0.737. The summed E-state index contributed by atoms with van der Waals surface area (Å²) in [5.41, 5.74) is 0. The zero-order valence-electron chi connectivity index (χ0n) is 8.89. The lowest BCUT2D eigenvalue weighted by Crippen LogP contribution is -2.36. The molecule has 2 aliphatic rings. The molecule has 1 amide bonds. The molecule has 2 fully saturated rings. The minimum absolute atomic E-state index is 0.0510. The Hall–Kier alpha value is -0.780. The van der Waals surface area contributed by atoms with Crippen molar-refractivity contribution in [1.82, 2.24) is 10.2 Å². The average molecular weight is 236 g/mol. The molecule has 0 saturated carbocycles. The fourth-order valence-corrected chi connectivity index (χ4v) is 2.35. The Balaban J connectivity index is 1.90. The number of nitrogens with one attached hydrogen (secondary N) is 1. The van der Waals surface area contributed by atoms with Crippen LogP contribution >= 0.6 is 0 Å². The number of hydrogen-bond acceptors (Lipinski definition) is 2. The van der Waals surface area contributed by atoms with Crippen LogP contribution in [0.15, 0.2) is 0 Å². The van der Waals surface area contributed by atoms with Crippen LogP contribution in [0, 0.1) is 11.8 Å². The SMILES string of the molecule is O=C([C@@H]1CCNC1)N1CC[C@@H](C(F)(F)F)C1. The summed E-state index contributed by atoms with van der Waals surface area (Å²) in [7, 11) is 0. The van der Waals surface area contributed by atoms with Gasteiger partial charge in [-0.15, -0.1) is 0 Å². The molecule has 2 saturated heterocycles. The number of rotatable bonds is 1. The first kappa shape index (κ1) is 11.7. The Morgan fingerprint density at radius 1 is 1.31 bits per heavy atom. The van der Waals surface area contributed by atoms with Crippen molar-refractivity contribution < 1.29 is 18.0 Å². The van der Waals surface area contributed by atoms with Gasteiger partial charge in [0, 0.05) is 19.6 Å². The fraction of sp³-hybridized carbons (Fsp3) is 0.900. The van der Waals surface area contributed by atoms with Crippen LogP contribution in [0.5, 0.6) is 0 Å². The molecule has 0 aromatic heterocycles. The first-order valence-electron chi connectivity index (χ1n) is 5.54. The second kappa shape index (κ2) is 4.24. The third kappa shape index (κ3) is 2.31. The van der Waals surface area contributed by atoms with Crippen LogP contribution in [0.2, 0.25) is 0 Å². The monoisotopic (exact) mass is 236 g/mol. The molecule has 0 unspecified atom stereocenters. The molecule has 2 heterocycles. The van der Waals surface area contributed by atoms with E-state index < -0.39 is 12.1 Å². The molecule has 1 N–H and O–H groups in total. The maximum atomic E-state index is 12.4. The van der Waals surface area contributed by atoms with E-state index in [-0.39, 0.29) is 31.3 Å². The predicted octanol–water partition coefficient (Wildman–Crippen LogP) is 1.01. The van der Waals surface area contributed by atoms with E-state index >= 15 is 0 Å². The van der Waals surface area contributed by atoms with Gasteiger partial charge in [0.05, 0.1) is 11.8 Å². The Bertz CT molecular complexity index is 274. The Labute approximate surface area is 92.0 Å². The van der Waals surface area contributed by atoms with E-state index in [1.54, 1.807) is 0 Å². The molecule has 6 heteroatoms. The third-order valence-corrected chi connectivity index (χ3v) is 3.37. The Morgan fingerprint density at radius 2 is 2.06 bits per heavy atom. The Morgan fingerprint density at radius 3 is 2.56 bits per heavy atom. The molecule has 2 aliphatic heterocycles. The molecular formula is C10H15F3N2O. The zero-order valence-corrected chi connectivity index (χ0v) is 8.89. The minimum Gasteiger partial charge on any atom is -0.342 e. The van der Waals surface area contributed by atoms with Crippen LogP contribution < -0.4 is 5.32 Å². The summed E-state index contributed by atoms with van der Waals surface area (Å²) in [6.45, 7) is 1.48. The van der Waals surface area contributed by atoms with E-state index in [4.69, 9.17) is 0 Å². The summed E-state index contributed by atoms with van der Waals surface area (Å²) in [6, 6.07) is 0.